The van der Waals surface area contributed by atoms with Crippen molar-refractivity contribution in [2.45, 2.75) is 39.2 Å². The molecule has 0 aromatic rings. The molecule has 0 aliphatic carbocycles. The Kier molecular flexibility index (Phi) is 3.06. The molecule has 0 spiro atoms. The number of hydrogen-bond acceptors (Lipinski definition) is 3. The van der Waals surface area contributed by atoms with Crippen molar-refractivity contribution in [2.75, 3.05) is 19.6 Å². The number of nitrogens with zero attached hydrogens (tertiary/aromatic N) is 1. The zero-order valence-electron chi connectivity index (χ0n) is 10.5. The summed E-state index contributed by atoms with van der Waals surface area (Å²) in [5.74, 6) is 0.439. The Balaban J connectivity index is 1.99. The van der Waals surface area contributed by atoms with Gasteiger partial charge in [0.15, 0.2) is 0 Å². The second-order valence-corrected chi connectivity index (χ2v) is 5.80. The standard InChI is InChI=1S/C13H21NO2/c1-13(2,3)16-12(15)8-11-9-14-6-4-10(11)5-7-14/h8,10H,4-7,9H2,1-3H3/b11-8-. The molecule has 0 aromatic carbocycles. The molecule has 3 heteroatoms. The summed E-state index contributed by atoms with van der Waals surface area (Å²) in [6.07, 6.45) is 4.13. The fourth-order valence-corrected chi connectivity index (χ4v) is 2.50. The number of carbonyl (C=O) groups is 1. The molecule has 2 bridgehead atoms. The molecular formula is C13H21NO2. The first-order chi connectivity index (χ1) is 7.44. The fraction of sp³-hybridized carbons (Fsp3) is 0.769. The average molecular weight is 223 g/mol. The van der Waals surface area contributed by atoms with Crippen LogP contribution in [0.1, 0.15) is 33.6 Å². The molecule has 16 heavy (non-hydrogen) atoms. The summed E-state index contributed by atoms with van der Waals surface area (Å²) >= 11 is 0. The molecular weight excluding hydrogens is 202 g/mol. The lowest BCUT2D eigenvalue weighted by Gasteiger charge is -2.40. The Morgan fingerprint density at radius 1 is 1.38 bits per heavy atom. The van der Waals surface area contributed by atoms with E-state index in [1.54, 1.807) is 6.08 Å². The lowest BCUT2D eigenvalue weighted by molar-refractivity contribution is -0.148. The van der Waals surface area contributed by atoms with E-state index < -0.39 is 0 Å². The van der Waals surface area contributed by atoms with Gasteiger partial charge in [-0.15, -0.1) is 0 Å². The molecule has 3 saturated heterocycles. The third-order valence-corrected chi connectivity index (χ3v) is 3.23. The van der Waals surface area contributed by atoms with Crippen molar-refractivity contribution >= 4 is 5.97 Å². The number of hydrogen-bond donors (Lipinski definition) is 0. The zero-order valence-corrected chi connectivity index (χ0v) is 10.5. The molecule has 0 atom stereocenters. The van der Waals surface area contributed by atoms with E-state index in [0.717, 1.165) is 6.54 Å². The van der Waals surface area contributed by atoms with Crippen LogP contribution >= 0.6 is 0 Å². The van der Waals surface area contributed by atoms with Gasteiger partial charge in [0.2, 0.25) is 0 Å². The molecule has 3 fully saturated rings. The van der Waals surface area contributed by atoms with Gasteiger partial charge in [-0.2, -0.15) is 0 Å². The Bertz CT molecular complexity index is 306. The maximum atomic E-state index is 11.7. The van der Waals surface area contributed by atoms with Crippen LogP contribution in [0.15, 0.2) is 11.6 Å². The van der Waals surface area contributed by atoms with Crippen LogP contribution in [-0.2, 0) is 9.53 Å². The molecule has 3 aliphatic rings. The van der Waals surface area contributed by atoms with Crippen molar-refractivity contribution in [1.29, 1.82) is 0 Å². The Morgan fingerprint density at radius 3 is 2.44 bits per heavy atom. The molecule has 90 valence electrons. The van der Waals surface area contributed by atoms with Gasteiger partial charge in [0.25, 0.3) is 0 Å². The molecule has 3 aliphatic heterocycles. The van der Waals surface area contributed by atoms with E-state index in [2.05, 4.69) is 4.90 Å². The maximum absolute atomic E-state index is 11.7. The van der Waals surface area contributed by atoms with E-state index in [0.29, 0.717) is 5.92 Å². The quantitative estimate of drug-likeness (QED) is 0.503. The Labute approximate surface area is 97.5 Å². The summed E-state index contributed by atoms with van der Waals surface area (Å²) < 4.78 is 5.31. The highest BCUT2D eigenvalue weighted by Gasteiger charge is 2.30. The summed E-state index contributed by atoms with van der Waals surface area (Å²) in [4.78, 5) is 14.1. The predicted octanol–water partition coefficient (Wildman–Crippen LogP) is 1.98. The van der Waals surface area contributed by atoms with E-state index in [9.17, 15) is 4.79 Å². The van der Waals surface area contributed by atoms with Crippen molar-refractivity contribution in [3.8, 4) is 0 Å². The van der Waals surface area contributed by atoms with Crippen LogP contribution in [-0.4, -0.2) is 36.1 Å². The van der Waals surface area contributed by atoms with E-state index in [4.69, 9.17) is 4.74 Å². The zero-order chi connectivity index (χ0) is 11.8. The monoisotopic (exact) mass is 223 g/mol. The number of carbonyl (C=O) groups excluding carboxylic acids is 1. The number of piperidine rings is 3. The minimum absolute atomic E-state index is 0.184. The lowest BCUT2D eigenvalue weighted by atomic mass is 9.83. The van der Waals surface area contributed by atoms with Crippen LogP contribution in [0.2, 0.25) is 0 Å². The molecule has 3 heterocycles. The fourth-order valence-electron chi connectivity index (χ4n) is 2.50. The van der Waals surface area contributed by atoms with Crippen LogP contribution in [0.3, 0.4) is 0 Å². The van der Waals surface area contributed by atoms with E-state index >= 15 is 0 Å². The normalized spacial score (nSPS) is 31.8. The lowest BCUT2D eigenvalue weighted by Crippen LogP contribution is -2.43. The van der Waals surface area contributed by atoms with Gasteiger partial charge in [-0.1, -0.05) is 0 Å². The largest absolute Gasteiger partial charge is 0.457 e. The molecule has 0 aromatic heterocycles. The Morgan fingerprint density at radius 2 is 2.00 bits per heavy atom. The maximum Gasteiger partial charge on any atom is 0.331 e. The van der Waals surface area contributed by atoms with E-state index in [-0.39, 0.29) is 11.6 Å². The number of fused-ring (bicyclic) bond motifs is 3. The molecule has 0 saturated carbocycles. The van der Waals surface area contributed by atoms with Crippen molar-refractivity contribution in [1.82, 2.24) is 4.90 Å². The van der Waals surface area contributed by atoms with Crippen LogP contribution in [0.4, 0.5) is 0 Å². The van der Waals surface area contributed by atoms with Crippen molar-refractivity contribution < 1.29 is 9.53 Å². The summed E-state index contributed by atoms with van der Waals surface area (Å²) in [6.45, 7) is 9.05. The summed E-state index contributed by atoms with van der Waals surface area (Å²) in [6, 6.07) is 0. The molecule has 0 N–H and O–H groups in total. The van der Waals surface area contributed by atoms with Gasteiger partial charge in [-0.25, -0.2) is 4.79 Å². The second kappa shape index (κ2) is 4.21. The van der Waals surface area contributed by atoms with Gasteiger partial charge in [0.1, 0.15) is 5.60 Å². The molecule has 3 rings (SSSR count). The van der Waals surface area contributed by atoms with Crippen molar-refractivity contribution in [3.05, 3.63) is 11.6 Å². The smallest absolute Gasteiger partial charge is 0.331 e. The van der Waals surface area contributed by atoms with Gasteiger partial charge in [-0.3, -0.25) is 4.90 Å². The topological polar surface area (TPSA) is 29.5 Å². The minimum Gasteiger partial charge on any atom is -0.457 e. The first kappa shape index (κ1) is 11.6. The second-order valence-electron chi connectivity index (χ2n) is 5.80. The SMILES string of the molecule is CC(C)(C)OC(=O)/C=C1/CN2CCC1CC2. The molecule has 0 amide bonds. The molecule has 3 nitrogen and oxygen atoms in total. The van der Waals surface area contributed by atoms with E-state index in [1.165, 1.54) is 31.5 Å². The predicted molar refractivity (Wildman–Crippen MR) is 63.1 cm³/mol. The third-order valence-electron chi connectivity index (χ3n) is 3.23. The molecule has 0 radical (unpaired) electrons. The van der Waals surface area contributed by atoms with Gasteiger partial charge >= 0.3 is 5.97 Å². The van der Waals surface area contributed by atoms with E-state index in [1.807, 2.05) is 20.8 Å². The van der Waals surface area contributed by atoms with Crippen molar-refractivity contribution in [3.63, 3.8) is 0 Å². The highest BCUT2D eigenvalue weighted by atomic mass is 16.6. The third kappa shape index (κ3) is 2.85. The van der Waals surface area contributed by atoms with Crippen LogP contribution < -0.4 is 0 Å². The summed E-state index contributed by atoms with van der Waals surface area (Å²) in [5, 5.41) is 0. The summed E-state index contributed by atoms with van der Waals surface area (Å²) in [7, 11) is 0. The number of esters is 1. The highest BCUT2D eigenvalue weighted by molar-refractivity contribution is 5.83. The number of rotatable bonds is 1. The highest BCUT2D eigenvalue weighted by Crippen LogP contribution is 2.31. The summed E-state index contributed by atoms with van der Waals surface area (Å²) in [5.41, 5.74) is 0.883. The van der Waals surface area contributed by atoms with Gasteiger partial charge < -0.3 is 4.74 Å². The average Bonchev–Trinajstić information content (AvgIpc) is 2.16. The first-order valence-electron chi connectivity index (χ1n) is 6.10. The molecule has 0 unspecified atom stereocenters. The first-order valence-corrected chi connectivity index (χ1v) is 6.10. The Hall–Kier alpha value is -0.830. The van der Waals surface area contributed by atoms with Crippen LogP contribution in [0.5, 0.6) is 0 Å². The van der Waals surface area contributed by atoms with Gasteiger partial charge in [-0.05, 0) is 58.2 Å². The van der Waals surface area contributed by atoms with Crippen molar-refractivity contribution in [2.24, 2.45) is 5.92 Å². The van der Waals surface area contributed by atoms with Crippen LogP contribution in [0.25, 0.3) is 0 Å². The van der Waals surface area contributed by atoms with Gasteiger partial charge in [0, 0.05) is 12.6 Å². The van der Waals surface area contributed by atoms with Crippen LogP contribution in [0, 0.1) is 5.92 Å². The number of ether oxygens (including phenoxy) is 1. The van der Waals surface area contributed by atoms with Gasteiger partial charge in [0.05, 0.1) is 0 Å². The minimum atomic E-state index is -0.387.